The highest BCUT2D eigenvalue weighted by molar-refractivity contribution is 5.39. The largest absolute Gasteiger partial charge is 0.508 e. The van der Waals surface area contributed by atoms with Gasteiger partial charge in [-0.3, -0.25) is 0 Å². The van der Waals surface area contributed by atoms with E-state index in [2.05, 4.69) is 25.8 Å². The zero-order chi connectivity index (χ0) is 18.7. The second kappa shape index (κ2) is 7.62. The molecular weight excluding hydrogens is 326 g/mol. The first-order valence-corrected chi connectivity index (χ1v) is 9.10. The molecule has 2 atom stereocenters. The fraction of sp³-hybridized carbons (Fsp3) is 0.364. The summed E-state index contributed by atoms with van der Waals surface area (Å²) in [6.07, 6.45) is 3.76. The Morgan fingerprint density at radius 2 is 1.88 bits per heavy atom. The van der Waals surface area contributed by atoms with Crippen LogP contribution in [0.5, 0.6) is 5.75 Å². The minimum Gasteiger partial charge on any atom is -0.508 e. The van der Waals surface area contributed by atoms with Gasteiger partial charge < -0.3 is 19.8 Å². The SMILES string of the molecule is C=CC[N@+]1(C)CCc2cc(CO)ccc2[C@H]1Cc1ccc(CO)c(O)c1. The smallest absolute Gasteiger partial charge is 0.121 e. The van der Waals surface area contributed by atoms with Crippen LogP contribution >= 0.6 is 0 Å². The monoisotopic (exact) mass is 354 g/mol. The van der Waals surface area contributed by atoms with Crippen molar-refractivity contribution in [3.8, 4) is 5.75 Å². The lowest BCUT2D eigenvalue weighted by Gasteiger charge is -2.45. The first-order valence-electron chi connectivity index (χ1n) is 9.10. The maximum Gasteiger partial charge on any atom is 0.121 e. The number of hydrogen-bond donors (Lipinski definition) is 3. The van der Waals surface area contributed by atoms with Crippen LogP contribution in [0.15, 0.2) is 49.1 Å². The van der Waals surface area contributed by atoms with Crippen LogP contribution in [0.4, 0.5) is 0 Å². The van der Waals surface area contributed by atoms with Crippen LogP contribution in [0.2, 0.25) is 0 Å². The number of aliphatic hydroxyl groups is 2. The van der Waals surface area contributed by atoms with Gasteiger partial charge in [-0.1, -0.05) is 36.9 Å². The molecule has 0 radical (unpaired) electrons. The van der Waals surface area contributed by atoms with E-state index in [-0.39, 0.29) is 25.0 Å². The molecule has 0 aromatic heterocycles. The molecule has 138 valence electrons. The summed E-state index contributed by atoms with van der Waals surface area (Å²) in [5, 5.41) is 28.8. The molecule has 0 fully saturated rings. The van der Waals surface area contributed by atoms with Crippen LogP contribution in [-0.4, -0.2) is 39.9 Å². The molecule has 0 unspecified atom stereocenters. The first-order chi connectivity index (χ1) is 12.5. The third-order valence-electron chi connectivity index (χ3n) is 5.69. The molecule has 0 bridgehead atoms. The number of benzene rings is 2. The predicted octanol–water partition coefficient (Wildman–Crippen LogP) is 2.85. The topological polar surface area (TPSA) is 60.7 Å². The van der Waals surface area contributed by atoms with E-state index in [1.165, 1.54) is 11.1 Å². The molecule has 1 heterocycles. The van der Waals surface area contributed by atoms with E-state index in [4.69, 9.17) is 0 Å². The van der Waals surface area contributed by atoms with Gasteiger partial charge in [0.05, 0.1) is 33.4 Å². The lowest BCUT2D eigenvalue weighted by molar-refractivity contribution is -0.936. The summed E-state index contributed by atoms with van der Waals surface area (Å²) in [7, 11) is 2.26. The van der Waals surface area contributed by atoms with Crippen molar-refractivity contribution in [2.45, 2.75) is 32.1 Å². The van der Waals surface area contributed by atoms with Gasteiger partial charge in [0.25, 0.3) is 0 Å². The summed E-state index contributed by atoms with van der Waals surface area (Å²) in [6, 6.07) is 12.1. The fourth-order valence-electron chi connectivity index (χ4n) is 4.10. The van der Waals surface area contributed by atoms with Crippen molar-refractivity contribution in [3.05, 3.63) is 76.9 Å². The molecule has 2 aromatic rings. The molecular formula is C22H28NO3+. The molecule has 0 aliphatic carbocycles. The lowest BCUT2D eigenvalue weighted by atomic mass is 9.85. The number of phenols is 1. The molecule has 0 amide bonds. The molecule has 3 rings (SSSR count). The van der Waals surface area contributed by atoms with Gasteiger partial charge in [-0.25, -0.2) is 0 Å². The van der Waals surface area contributed by atoms with Crippen LogP contribution in [-0.2, 0) is 26.1 Å². The molecule has 26 heavy (non-hydrogen) atoms. The molecule has 1 aliphatic heterocycles. The minimum absolute atomic E-state index is 0.0627. The van der Waals surface area contributed by atoms with Crippen LogP contribution in [0, 0.1) is 0 Å². The van der Waals surface area contributed by atoms with Gasteiger partial charge in [-0.2, -0.15) is 0 Å². The second-order valence-electron chi connectivity index (χ2n) is 7.46. The number of likely N-dealkylation sites (N-methyl/N-ethyl adjacent to an activating group) is 1. The minimum atomic E-state index is -0.160. The van der Waals surface area contributed by atoms with Gasteiger partial charge in [0.2, 0.25) is 0 Å². The first kappa shape index (κ1) is 18.6. The zero-order valence-corrected chi connectivity index (χ0v) is 15.4. The Bertz CT molecular complexity index is 802. The van der Waals surface area contributed by atoms with Crippen molar-refractivity contribution in [1.82, 2.24) is 0 Å². The Morgan fingerprint density at radius 1 is 1.12 bits per heavy atom. The summed E-state index contributed by atoms with van der Waals surface area (Å²) in [5.41, 5.74) is 5.17. The molecule has 4 heteroatoms. The number of aliphatic hydroxyl groups excluding tert-OH is 2. The Hall–Kier alpha value is -2.14. The Balaban J connectivity index is 2.00. The number of hydrogen-bond acceptors (Lipinski definition) is 3. The van der Waals surface area contributed by atoms with Crippen molar-refractivity contribution in [2.75, 3.05) is 20.1 Å². The van der Waals surface area contributed by atoms with Crippen molar-refractivity contribution >= 4 is 0 Å². The van der Waals surface area contributed by atoms with E-state index in [0.29, 0.717) is 5.56 Å². The second-order valence-corrected chi connectivity index (χ2v) is 7.46. The zero-order valence-electron chi connectivity index (χ0n) is 15.4. The van der Waals surface area contributed by atoms with Crippen molar-refractivity contribution < 1.29 is 19.8 Å². The third-order valence-corrected chi connectivity index (χ3v) is 5.69. The average molecular weight is 354 g/mol. The van der Waals surface area contributed by atoms with Crippen LogP contribution in [0.1, 0.15) is 33.9 Å². The quantitative estimate of drug-likeness (QED) is 0.552. The standard InChI is InChI=1S/C22H27NO3/c1-3-9-23(2)10-8-18-11-17(14-24)5-7-20(18)21(23)12-16-4-6-19(15-25)22(26)13-16/h3-7,11,13,21,24-25H,1,8-10,12,14-15H2,2H3/p+1/t21-,23-/m1/s1. The van der Waals surface area contributed by atoms with Crippen molar-refractivity contribution in [2.24, 2.45) is 0 Å². The third kappa shape index (κ3) is 3.54. The van der Waals surface area contributed by atoms with Gasteiger partial charge in [-0.15, -0.1) is 0 Å². The molecule has 1 aliphatic rings. The van der Waals surface area contributed by atoms with Crippen LogP contribution in [0.25, 0.3) is 0 Å². The summed E-state index contributed by atoms with van der Waals surface area (Å²) in [5.74, 6) is 0.148. The van der Waals surface area contributed by atoms with E-state index >= 15 is 0 Å². The molecule has 2 aromatic carbocycles. The molecule has 3 N–H and O–H groups in total. The maximum absolute atomic E-state index is 10.1. The maximum atomic E-state index is 10.1. The fourth-order valence-corrected chi connectivity index (χ4v) is 4.10. The van der Waals surface area contributed by atoms with Crippen LogP contribution in [0.3, 0.4) is 0 Å². The van der Waals surface area contributed by atoms with E-state index in [1.807, 2.05) is 18.2 Å². The molecule has 0 saturated heterocycles. The van der Waals surface area contributed by atoms with E-state index in [1.54, 1.807) is 12.1 Å². The number of fused-ring (bicyclic) bond motifs is 1. The van der Waals surface area contributed by atoms with Gasteiger partial charge in [0.1, 0.15) is 11.8 Å². The van der Waals surface area contributed by atoms with Crippen molar-refractivity contribution in [1.29, 1.82) is 0 Å². The molecule has 0 spiro atoms. The van der Waals surface area contributed by atoms with Gasteiger partial charge in [0, 0.05) is 24.0 Å². The highest BCUT2D eigenvalue weighted by atomic mass is 16.3. The van der Waals surface area contributed by atoms with Crippen molar-refractivity contribution in [3.63, 3.8) is 0 Å². The number of rotatable bonds is 6. The highest BCUT2D eigenvalue weighted by Gasteiger charge is 2.38. The summed E-state index contributed by atoms with van der Waals surface area (Å²) < 4.78 is 0.873. The van der Waals surface area contributed by atoms with Crippen LogP contribution < -0.4 is 0 Å². The lowest BCUT2D eigenvalue weighted by Crippen LogP contribution is -2.52. The molecule has 4 nitrogen and oxygen atoms in total. The summed E-state index contributed by atoms with van der Waals surface area (Å²) >= 11 is 0. The van der Waals surface area contributed by atoms with E-state index in [9.17, 15) is 15.3 Å². The number of nitrogens with zero attached hydrogens (tertiary/aromatic N) is 1. The predicted molar refractivity (Wildman–Crippen MR) is 103 cm³/mol. The Morgan fingerprint density at radius 3 is 2.54 bits per heavy atom. The normalized spacial score (nSPS) is 22.0. The molecule has 0 saturated carbocycles. The summed E-state index contributed by atoms with van der Waals surface area (Å²) in [4.78, 5) is 0. The van der Waals surface area contributed by atoms with Gasteiger partial charge >= 0.3 is 0 Å². The van der Waals surface area contributed by atoms with Gasteiger partial charge in [-0.05, 0) is 28.8 Å². The van der Waals surface area contributed by atoms with E-state index in [0.717, 1.165) is 41.5 Å². The number of aromatic hydroxyl groups is 1. The summed E-state index contributed by atoms with van der Waals surface area (Å²) in [6.45, 7) is 5.74. The highest BCUT2D eigenvalue weighted by Crippen LogP contribution is 2.38. The average Bonchev–Trinajstić information content (AvgIpc) is 2.64. The Labute approximate surface area is 155 Å². The Kier molecular flexibility index (Phi) is 5.47. The van der Waals surface area contributed by atoms with Gasteiger partial charge in [0.15, 0.2) is 0 Å². The van der Waals surface area contributed by atoms with E-state index < -0.39 is 0 Å². The number of quaternary nitrogens is 1.